The molecule has 0 amide bonds. The number of nitrogens with zero attached hydrogens (tertiary/aromatic N) is 1. The normalized spacial score (nSPS) is 9.88. The molecule has 16 heavy (non-hydrogen) atoms. The molecule has 1 aromatic carbocycles. The van der Waals surface area contributed by atoms with Crippen LogP contribution in [0.2, 0.25) is 0 Å². The lowest BCUT2D eigenvalue weighted by Crippen LogP contribution is -2.04. The number of hydrogen-bond acceptors (Lipinski definition) is 5. The van der Waals surface area contributed by atoms with Crippen LogP contribution in [0.3, 0.4) is 0 Å². The molecule has 1 aromatic rings. The molecule has 6 nitrogen and oxygen atoms in total. The number of hydrogen-bond donors (Lipinski definition) is 0. The summed E-state index contributed by atoms with van der Waals surface area (Å²) in [7, 11) is 2.69. The van der Waals surface area contributed by atoms with Gasteiger partial charge in [-0.15, -0.1) is 0 Å². The monoisotopic (exact) mass is 225 g/mol. The minimum absolute atomic E-state index is 0.142. The number of methoxy groups -OCH3 is 2. The first-order valence-corrected chi connectivity index (χ1v) is 4.44. The maximum absolute atomic E-state index is 11.3. The Kier molecular flexibility index (Phi) is 3.96. The highest BCUT2D eigenvalue weighted by molar-refractivity contribution is 5.90. The fraction of sp³-hybridized carbons (Fsp3) is 0.300. The minimum atomic E-state index is -0.610. The summed E-state index contributed by atoms with van der Waals surface area (Å²) < 4.78 is 9.36. The standard InChI is InChI=1S/C10H11NO5/c1-15-6-7-3-8(10(12)16-2)5-9(4-7)11(13)14/h3-5H,6H2,1-2H3. The summed E-state index contributed by atoms with van der Waals surface area (Å²) in [4.78, 5) is 21.3. The molecule has 0 radical (unpaired) electrons. The van der Waals surface area contributed by atoms with Crippen molar-refractivity contribution in [2.45, 2.75) is 6.61 Å². The van der Waals surface area contributed by atoms with Crippen LogP contribution in [-0.2, 0) is 16.1 Å². The molecule has 0 saturated carbocycles. The van der Waals surface area contributed by atoms with E-state index in [0.717, 1.165) is 0 Å². The highest BCUT2D eigenvalue weighted by Gasteiger charge is 2.14. The van der Waals surface area contributed by atoms with Gasteiger partial charge in [-0.2, -0.15) is 0 Å². The summed E-state index contributed by atoms with van der Waals surface area (Å²) in [5.74, 6) is -0.610. The van der Waals surface area contributed by atoms with Crippen molar-refractivity contribution in [3.8, 4) is 0 Å². The number of nitro groups is 1. The number of carbonyl (C=O) groups is 1. The fourth-order valence-corrected chi connectivity index (χ4v) is 1.27. The third-order valence-electron chi connectivity index (χ3n) is 1.92. The Morgan fingerprint density at radius 2 is 2.06 bits per heavy atom. The molecule has 0 aliphatic heterocycles. The second-order valence-electron chi connectivity index (χ2n) is 3.07. The van der Waals surface area contributed by atoms with Crippen LogP contribution in [0.1, 0.15) is 15.9 Å². The van der Waals surface area contributed by atoms with E-state index >= 15 is 0 Å². The van der Waals surface area contributed by atoms with E-state index < -0.39 is 10.9 Å². The van der Waals surface area contributed by atoms with E-state index in [9.17, 15) is 14.9 Å². The smallest absolute Gasteiger partial charge is 0.338 e. The third-order valence-corrected chi connectivity index (χ3v) is 1.92. The molecule has 0 aliphatic rings. The molecular formula is C10H11NO5. The molecule has 0 saturated heterocycles. The summed E-state index contributed by atoms with van der Waals surface area (Å²) in [6, 6.07) is 4.03. The molecule has 0 spiro atoms. The number of non-ortho nitro benzene ring substituents is 1. The van der Waals surface area contributed by atoms with Gasteiger partial charge in [-0.05, 0) is 11.6 Å². The van der Waals surface area contributed by atoms with E-state index in [-0.39, 0.29) is 17.9 Å². The van der Waals surface area contributed by atoms with Crippen LogP contribution in [0, 0.1) is 10.1 Å². The number of esters is 1. The van der Waals surface area contributed by atoms with Gasteiger partial charge in [0.15, 0.2) is 0 Å². The van der Waals surface area contributed by atoms with Gasteiger partial charge in [0, 0.05) is 19.2 Å². The fourth-order valence-electron chi connectivity index (χ4n) is 1.27. The van der Waals surface area contributed by atoms with Gasteiger partial charge in [0.25, 0.3) is 5.69 Å². The molecule has 0 atom stereocenters. The first-order chi connectivity index (χ1) is 7.58. The maximum Gasteiger partial charge on any atom is 0.338 e. The Bertz CT molecular complexity index is 416. The summed E-state index contributed by atoms with van der Waals surface area (Å²) in [6.07, 6.45) is 0. The first kappa shape index (κ1) is 12.1. The molecule has 6 heteroatoms. The minimum Gasteiger partial charge on any atom is -0.465 e. The lowest BCUT2D eigenvalue weighted by Gasteiger charge is -2.03. The Labute approximate surface area is 91.9 Å². The van der Waals surface area contributed by atoms with Gasteiger partial charge in [0.2, 0.25) is 0 Å². The molecule has 0 fully saturated rings. The van der Waals surface area contributed by atoms with Gasteiger partial charge in [-0.1, -0.05) is 0 Å². The number of carbonyl (C=O) groups excluding carboxylic acids is 1. The van der Waals surface area contributed by atoms with Crippen molar-refractivity contribution in [3.05, 3.63) is 39.4 Å². The molecule has 0 N–H and O–H groups in total. The summed E-state index contributed by atoms with van der Waals surface area (Å²) >= 11 is 0. The van der Waals surface area contributed by atoms with Gasteiger partial charge < -0.3 is 9.47 Å². The highest BCUT2D eigenvalue weighted by Crippen LogP contribution is 2.18. The van der Waals surface area contributed by atoms with Crippen LogP contribution < -0.4 is 0 Å². The molecular weight excluding hydrogens is 214 g/mol. The second-order valence-corrected chi connectivity index (χ2v) is 3.07. The number of rotatable bonds is 4. The van der Waals surface area contributed by atoms with Gasteiger partial charge in [0.05, 0.1) is 24.2 Å². The molecule has 0 aliphatic carbocycles. The van der Waals surface area contributed by atoms with Crippen molar-refractivity contribution < 1.29 is 19.2 Å². The zero-order chi connectivity index (χ0) is 12.1. The van der Waals surface area contributed by atoms with E-state index in [0.29, 0.717) is 5.56 Å². The van der Waals surface area contributed by atoms with Gasteiger partial charge >= 0.3 is 5.97 Å². The Morgan fingerprint density at radius 1 is 1.38 bits per heavy atom. The lowest BCUT2D eigenvalue weighted by molar-refractivity contribution is -0.385. The average Bonchev–Trinajstić information content (AvgIpc) is 2.28. The van der Waals surface area contributed by atoms with E-state index in [1.54, 1.807) is 0 Å². The number of ether oxygens (including phenoxy) is 2. The van der Waals surface area contributed by atoms with Gasteiger partial charge in [-0.25, -0.2) is 4.79 Å². The van der Waals surface area contributed by atoms with Gasteiger partial charge in [0.1, 0.15) is 0 Å². The van der Waals surface area contributed by atoms with Crippen LogP contribution in [0.15, 0.2) is 18.2 Å². The van der Waals surface area contributed by atoms with E-state index in [4.69, 9.17) is 4.74 Å². The Hall–Kier alpha value is -1.95. The Balaban J connectivity index is 3.18. The predicted molar refractivity (Wildman–Crippen MR) is 55.1 cm³/mol. The van der Waals surface area contributed by atoms with E-state index in [1.807, 2.05) is 0 Å². The van der Waals surface area contributed by atoms with E-state index in [2.05, 4.69) is 4.74 Å². The van der Waals surface area contributed by atoms with Crippen LogP contribution in [-0.4, -0.2) is 25.1 Å². The Morgan fingerprint density at radius 3 is 2.56 bits per heavy atom. The van der Waals surface area contributed by atoms with Crippen molar-refractivity contribution in [2.24, 2.45) is 0 Å². The second kappa shape index (κ2) is 5.22. The van der Waals surface area contributed by atoms with Crippen molar-refractivity contribution in [2.75, 3.05) is 14.2 Å². The molecule has 0 heterocycles. The zero-order valence-corrected chi connectivity index (χ0v) is 8.93. The predicted octanol–water partition coefficient (Wildman–Crippen LogP) is 1.53. The molecule has 0 aromatic heterocycles. The molecule has 0 unspecified atom stereocenters. The van der Waals surface area contributed by atoms with Crippen molar-refractivity contribution in [3.63, 3.8) is 0 Å². The maximum atomic E-state index is 11.3. The number of nitro benzene ring substituents is 1. The topological polar surface area (TPSA) is 78.7 Å². The van der Waals surface area contributed by atoms with Crippen LogP contribution >= 0.6 is 0 Å². The summed E-state index contributed by atoms with van der Waals surface area (Å²) in [5.41, 5.74) is 0.538. The van der Waals surface area contributed by atoms with Crippen LogP contribution in [0.4, 0.5) is 5.69 Å². The highest BCUT2D eigenvalue weighted by atomic mass is 16.6. The molecule has 0 bridgehead atoms. The third kappa shape index (κ3) is 2.77. The lowest BCUT2D eigenvalue weighted by atomic mass is 10.1. The van der Waals surface area contributed by atoms with Gasteiger partial charge in [-0.3, -0.25) is 10.1 Å². The first-order valence-electron chi connectivity index (χ1n) is 4.44. The molecule has 86 valence electrons. The van der Waals surface area contributed by atoms with Crippen molar-refractivity contribution in [1.82, 2.24) is 0 Å². The number of benzene rings is 1. The van der Waals surface area contributed by atoms with Crippen molar-refractivity contribution >= 4 is 11.7 Å². The van der Waals surface area contributed by atoms with Crippen LogP contribution in [0.25, 0.3) is 0 Å². The quantitative estimate of drug-likeness (QED) is 0.441. The summed E-state index contributed by atoms with van der Waals surface area (Å²) in [5, 5.41) is 10.6. The largest absolute Gasteiger partial charge is 0.465 e. The van der Waals surface area contributed by atoms with E-state index in [1.165, 1.54) is 32.4 Å². The zero-order valence-electron chi connectivity index (χ0n) is 8.93. The SMILES string of the molecule is COCc1cc(C(=O)OC)cc([N+](=O)[O-])c1. The average molecular weight is 225 g/mol. The summed E-state index contributed by atoms with van der Waals surface area (Å²) in [6.45, 7) is 0.200. The molecule has 1 rings (SSSR count). The van der Waals surface area contributed by atoms with Crippen LogP contribution in [0.5, 0.6) is 0 Å². The van der Waals surface area contributed by atoms with Crippen molar-refractivity contribution in [1.29, 1.82) is 0 Å².